The predicted molar refractivity (Wildman–Crippen MR) is 44.4 cm³/mol. The molecule has 0 heterocycles. The van der Waals surface area contributed by atoms with Crippen LogP contribution in [0.25, 0.3) is 0 Å². The van der Waals surface area contributed by atoms with Gasteiger partial charge in [0.05, 0.1) is 11.6 Å². The summed E-state index contributed by atoms with van der Waals surface area (Å²) in [5, 5.41) is 0. The van der Waals surface area contributed by atoms with E-state index in [1.54, 1.807) is 0 Å². The van der Waals surface area contributed by atoms with Crippen molar-refractivity contribution in [3.8, 4) is 0 Å². The standard InChI is InChI=1S/C8H5F4.BrH.Zn/c1-3-5(9)7(11)4(2)8(12)6(3)10;;/h1H2,2H3;1H;/q-1;;+2/p-1. The Morgan fingerprint density at radius 2 is 1.21 bits per heavy atom. The Morgan fingerprint density at radius 3 is 1.50 bits per heavy atom. The van der Waals surface area contributed by atoms with E-state index in [-0.39, 0.29) is 0 Å². The molecule has 0 aromatic heterocycles. The molecule has 74 valence electrons. The van der Waals surface area contributed by atoms with Gasteiger partial charge < -0.3 is 0 Å². The molecule has 0 amide bonds. The minimum absolute atomic E-state index is 0.669. The van der Waals surface area contributed by atoms with Crippen molar-refractivity contribution < 1.29 is 33.9 Å². The molecule has 0 fully saturated rings. The Morgan fingerprint density at radius 1 is 0.929 bits per heavy atom. The van der Waals surface area contributed by atoms with E-state index in [4.69, 9.17) is 0 Å². The van der Waals surface area contributed by atoms with Crippen molar-refractivity contribution in [2.75, 3.05) is 0 Å². The molecule has 0 aliphatic carbocycles. The zero-order valence-corrected chi connectivity index (χ0v) is 11.9. The van der Waals surface area contributed by atoms with Crippen LogP contribution in [0.3, 0.4) is 0 Å². The fraction of sp³-hybridized carbons (Fsp3) is 0.125. The van der Waals surface area contributed by atoms with Gasteiger partial charge in [0.1, 0.15) is 11.6 Å². The van der Waals surface area contributed by atoms with Gasteiger partial charge in [-0.05, 0) is 6.92 Å². The number of hydrogen-bond donors (Lipinski definition) is 0. The Hall–Kier alpha value is -0.0866. The average molecular weight is 322 g/mol. The summed E-state index contributed by atoms with van der Waals surface area (Å²) in [6.45, 7) is 3.81. The van der Waals surface area contributed by atoms with Gasteiger partial charge in [0.15, 0.2) is 0 Å². The zero-order chi connectivity index (χ0) is 11.5. The third-order valence-electron chi connectivity index (χ3n) is 1.57. The van der Waals surface area contributed by atoms with Gasteiger partial charge in [-0.15, -0.1) is 5.56 Å². The van der Waals surface area contributed by atoms with E-state index in [9.17, 15) is 17.6 Å². The van der Waals surface area contributed by atoms with Crippen LogP contribution in [0.5, 0.6) is 0 Å². The van der Waals surface area contributed by atoms with Gasteiger partial charge in [-0.1, -0.05) is 0 Å². The van der Waals surface area contributed by atoms with Crippen LogP contribution in [0.15, 0.2) is 0 Å². The normalized spacial score (nSPS) is 9.43. The molecular formula is C8H5BrF4Zn. The van der Waals surface area contributed by atoms with Gasteiger partial charge in [-0.25, -0.2) is 8.78 Å². The summed E-state index contributed by atoms with van der Waals surface area (Å²) in [4.78, 5) is 0. The van der Waals surface area contributed by atoms with Crippen molar-refractivity contribution in [2.24, 2.45) is 0 Å². The van der Waals surface area contributed by atoms with E-state index in [1.807, 2.05) is 0 Å². The van der Waals surface area contributed by atoms with Crippen LogP contribution in [0, 0.1) is 37.1 Å². The van der Waals surface area contributed by atoms with Gasteiger partial charge in [0.25, 0.3) is 0 Å². The Labute approximate surface area is 95.7 Å². The van der Waals surface area contributed by atoms with E-state index in [1.165, 1.54) is 16.3 Å². The minimum atomic E-state index is -1.44. The second kappa shape index (κ2) is 5.71. The molecule has 14 heavy (non-hydrogen) atoms. The van der Waals surface area contributed by atoms with Crippen LogP contribution in [0.2, 0.25) is 0 Å². The van der Waals surface area contributed by atoms with Crippen molar-refractivity contribution >= 4 is 13.6 Å². The van der Waals surface area contributed by atoms with Gasteiger partial charge >= 0.3 is 30.0 Å². The quantitative estimate of drug-likeness (QED) is 0.296. The topological polar surface area (TPSA) is 0 Å². The first-order chi connectivity index (χ1) is 6.46. The maximum atomic E-state index is 12.6. The molecule has 0 N–H and O–H groups in total. The molecule has 0 aliphatic heterocycles. The second-order valence-electron chi connectivity index (χ2n) is 2.36. The predicted octanol–water partition coefficient (Wildman–Crippen LogP) is 3.58. The van der Waals surface area contributed by atoms with E-state index in [0.29, 0.717) is 0 Å². The first-order valence-corrected chi connectivity index (χ1v) is 10.3. The molecule has 0 saturated carbocycles. The fourth-order valence-corrected chi connectivity index (χ4v) is 0.787. The van der Waals surface area contributed by atoms with Crippen molar-refractivity contribution in [2.45, 2.75) is 6.92 Å². The summed E-state index contributed by atoms with van der Waals surface area (Å²) in [6.07, 6.45) is 0. The summed E-state index contributed by atoms with van der Waals surface area (Å²) in [5.41, 5.74) is -1.55. The molecule has 0 saturated heterocycles. The second-order valence-corrected chi connectivity index (χ2v) is 2.36. The molecule has 1 rings (SSSR count). The third-order valence-corrected chi connectivity index (χ3v) is 1.57. The SMILES string of the molecule is [CH2-]c1c(F)c(F)c(C)c(F)c1F.[Zn+][Br]. The van der Waals surface area contributed by atoms with Crippen molar-refractivity contribution in [3.05, 3.63) is 41.3 Å². The van der Waals surface area contributed by atoms with Crippen molar-refractivity contribution in [3.63, 3.8) is 0 Å². The number of benzene rings is 1. The molecule has 0 radical (unpaired) electrons. The molecule has 0 spiro atoms. The van der Waals surface area contributed by atoms with E-state index in [2.05, 4.69) is 20.5 Å². The van der Waals surface area contributed by atoms with E-state index in [0.717, 1.165) is 6.92 Å². The van der Waals surface area contributed by atoms with Crippen LogP contribution in [0.4, 0.5) is 17.6 Å². The van der Waals surface area contributed by atoms with Gasteiger partial charge in [-0.3, -0.25) is 8.78 Å². The number of hydrogen-bond acceptors (Lipinski definition) is 0. The number of halogens is 5. The molecule has 0 aliphatic rings. The van der Waals surface area contributed by atoms with Crippen LogP contribution >= 0.6 is 13.6 Å². The van der Waals surface area contributed by atoms with Crippen LogP contribution in [-0.4, -0.2) is 0 Å². The molecule has 1 aromatic rings. The van der Waals surface area contributed by atoms with E-state index >= 15 is 0 Å². The van der Waals surface area contributed by atoms with Gasteiger partial charge in [0, 0.05) is 5.56 Å². The Balaban J connectivity index is 0.000000791. The van der Waals surface area contributed by atoms with E-state index < -0.39 is 34.4 Å². The van der Waals surface area contributed by atoms with Crippen LogP contribution in [0.1, 0.15) is 11.1 Å². The molecular weight excluding hydrogens is 317 g/mol. The van der Waals surface area contributed by atoms with Gasteiger partial charge in [0.2, 0.25) is 0 Å². The molecule has 0 bridgehead atoms. The third kappa shape index (κ3) is 2.48. The molecule has 0 atom stereocenters. The van der Waals surface area contributed by atoms with Crippen molar-refractivity contribution in [1.29, 1.82) is 0 Å². The summed E-state index contributed by atoms with van der Waals surface area (Å²) < 4.78 is 50.4. The summed E-state index contributed by atoms with van der Waals surface area (Å²) in [7, 11) is 0. The monoisotopic (exact) mass is 320 g/mol. The molecule has 1 aromatic carbocycles. The molecule has 0 nitrogen and oxygen atoms in total. The first-order valence-electron chi connectivity index (χ1n) is 3.38. The molecule has 6 heteroatoms. The summed E-state index contributed by atoms with van der Waals surface area (Å²) in [5.74, 6) is -5.66. The Bertz CT molecular complexity index is 236. The van der Waals surface area contributed by atoms with Crippen LogP contribution in [-0.2, 0) is 16.3 Å². The first kappa shape index (κ1) is 13.9. The summed E-state index contributed by atoms with van der Waals surface area (Å²) >= 11 is 4.25. The van der Waals surface area contributed by atoms with Crippen molar-refractivity contribution in [1.82, 2.24) is 0 Å². The average Bonchev–Trinajstić information content (AvgIpc) is 2.24. The number of rotatable bonds is 0. The molecule has 0 unspecified atom stereocenters. The summed E-state index contributed by atoms with van der Waals surface area (Å²) in [6, 6.07) is 0. The maximum absolute atomic E-state index is 12.6. The zero-order valence-electron chi connectivity index (χ0n) is 7.30. The fourth-order valence-electron chi connectivity index (χ4n) is 0.787. The van der Waals surface area contributed by atoms with Gasteiger partial charge in [-0.2, -0.15) is 6.92 Å². The van der Waals surface area contributed by atoms with Crippen LogP contribution < -0.4 is 0 Å². The Kier molecular flexibility index (Phi) is 5.68.